The number of nitro benzene ring substituents is 1. The van der Waals surface area contributed by atoms with Gasteiger partial charge in [-0.2, -0.15) is 0 Å². The Kier molecular flexibility index (Phi) is 5.52. The van der Waals surface area contributed by atoms with Crippen molar-refractivity contribution in [2.75, 3.05) is 13.7 Å². The smallest absolute Gasteiger partial charge is 0.346 e. The van der Waals surface area contributed by atoms with E-state index in [0.29, 0.717) is 11.4 Å². The van der Waals surface area contributed by atoms with Gasteiger partial charge in [-0.3, -0.25) is 19.5 Å². The standard InChI is InChI=1S/C21H21N5O5/c1-31-18-10-4-14(5-11-18)19-23-24(21(28)25(19)16-8-9-16)13-12-22-20(27)15-2-6-17(7-3-15)26(29)30/h2-7,10-11,16H,8-9,12-13H2,1H3,(H,22,27). The van der Waals surface area contributed by atoms with Crippen molar-refractivity contribution in [1.29, 1.82) is 0 Å². The minimum absolute atomic E-state index is 0.0835. The van der Waals surface area contributed by atoms with Crippen molar-refractivity contribution >= 4 is 11.6 Å². The van der Waals surface area contributed by atoms with Gasteiger partial charge >= 0.3 is 5.69 Å². The number of carbonyl (C=O) groups excluding carboxylic acids is 1. The molecule has 0 saturated heterocycles. The molecule has 4 rings (SSSR count). The molecule has 31 heavy (non-hydrogen) atoms. The Bertz CT molecular complexity index is 1160. The fraction of sp³-hybridized carbons (Fsp3) is 0.286. The molecule has 1 saturated carbocycles. The summed E-state index contributed by atoms with van der Waals surface area (Å²) in [6.45, 7) is 0.403. The molecule has 1 heterocycles. The van der Waals surface area contributed by atoms with Crippen LogP contribution >= 0.6 is 0 Å². The lowest BCUT2D eigenvalue weighted by atomic mass is 10.2. The fourth-order valence-corrected chi connectivity index (χ4v) is 3.28. The number of benzene rings is 2. The van der Waals surface area contributed by atoms with Crippen LogP contribution in [0.3, 0.4) is 0 Å². The first-order chi connectivity index (χ1) is 15.0. The van der Waals surface area contributed by atoms with E-state index in [9.17, 15) is 19.7 Å². The predicted octanol–water partition coefficient (Wildman–Crippen LogP) is 2.39. The highest BCUT2D eigenvalue weighted by Crippen LogP contribution is 2.36. The number of nitro groups is 1. The van der Waals surface area contributed by atoms with Crippen LogP contribution in [0.4, 0.5) is 5.69 Å². The molecular formula is C21H21N5O5. The molecule has 1 aromatic heterocycles. The number of methoxy groups -OCH3 is 1. The molecule has 1 fully saturated rings. The quantitative estimate of drug-likeness (QED) is 0.439. The summed E-state index contributed by atoms with van der Waals surface area (Å²) in [4.78, 5) is 35.3. The van der Waals surface area contributed by atoms with Gasteiger partial charge in [0.1, 0.15) is 5.75 Å². The summed E-state index contributed by atoms with van der Waals surface area (Å²) in [5.41, 5.74) is 0.830. The van der Waals surface area contributed by atoms with Crippen molar-refractivity contribution in [2.24, 2.45) is 0 Å². The topological polar surface area (TPSA) is 121 Å². The summed E-state index contributed by atoms with van der Waals surface area (Å²) >= 11 is 0. The zero-order valence-electron chi connectivity index (χ0n) is 16.9. The molecule has 0 bridgehead atoms. The van der Waals surface area contributed by atoms with Crippen LogP contribution in [-0.2, 0) is 6.54 Å². The predicted molar refractivity (Wildman–Crippen MR) is 112 cm³/mol. The highest BCUT2D eigenvalue weighted by Gasteiger charge is 2.30. The third-order valence-electron chi connectivity index (χ3n) is 5.08. The summed E-state index contributed by atoms with van der Waals surface area (Å²) in [6.07, 6.45) is 1.87. The zero-order valence-corrected chi connectivity index (χ0v) is 16.9. The van der Waals surface area contributed by atoms with Crippen LogP contribution in [0.25, 0.3) is 11.4 Å². The molecule has 0 spiro atoms. The van der Waals surface area contributed by atoms with Crippen molar-refractivity contribution in [3.63, 3.8) is 0 Å². The molecule has 1 amide bonds. The first-order valence-corrected chi connectivity index (χ1v) is 9.84. The van der Waals surface area contributed by atoms with E-state index in [4.69, 9.17) is 4.74 Å². The Labute approximate surface area is 177 Å². The van der Waals surface area contributed by atoms with E-state index in [1.165, 1.54) is 28.9 Å². The third kappa shape index (κ3) is 4.32. The van der Waals surface area contributed by atoms with E-state index in [0.717, 1.165) is 24.2 Å². The van der Waals surface area contributed by atoms with Gasteiger partial charge in [0.05, 0.1) is 18.6 Å². The van der Waals surface area contributed by atoms with Gasteiger partial charge in [0.2, 0.25) is 0 Å². The number of hydrogen-bond donors (Lipinski definition) is 1. The maximum atomic E-state index is 12.9. The van der Waals surface area contributed by atoms with Crippen molar-refractivity contribution < 1.29 is 14.5 Å². The van der Waals surface area contributed by atoms with Gasteiger partial charge in [-0.15, -0.1) is 5.10 Å². The van der Waals surface area contributed by atoms with Crippen LogP contribution in [0.15, 0.2) is 53.3 Å². The summed E-state index contributed by atoms with van der Waals surface area (Å²) in [7, 11) is 1.59. The van der Waals surface area contributed by atoms with Crippen LogP contribution in [0.1, 0.15) is 29.2 Å². The van der Waals surface area contributed by atoms with Gasteiger partial charge in [0.25, 0.3) is 11.6 Å². The van der Waals surface area contributed by atoms with Crippen molar-refractivity contribution in [1.82, 2.24) is 19.7 Å². The van der Waals surface area contributed by atoms with Gasteiger partial charge in [0, 0.05) is 35.8 Å². The largest absolute Gasteiger partial charge is 0.497 e. The number of nitrogens with one attached hydrogen (secondary N) is 1. The van der Waals surface area contributed by atoms with Gasteiger partial charge < -0.3 is 10.1 Å². The lowest BCUT2D eigenvalue weighted by Crippen LogP contribution is -2.32. The Morgan fingerprint density at radius 2 is 1.87 bits per heavy atom. The lowest BCUT2D eigenvalue weighted by molar-refractivity contribution is -0.384. The van der Waals surface area contributed by atoms with Crippen LogP contribution in [0.5, 0.6) is 5.75 Å². The Hall–Kier alpha value is -3.95. The average Bonchev–Trinajstić information content (AvgIpc) is 3.57. The molecule has 0 unspecified atom stereocenters. The first-order valence-electron chi connectivity index (χ1n) is 9.84. The number of carbonyl (C=O) groups is 1. The molecule has 0 atom stereocenters. The van der Waals surface area contributed by atoms with Crippen molar-refractivity contribution in [2.45, 2.75) is 25.4 Å². The van der Waals surface area contributed by atoms with Gasteiger partial charge in [-0.05, 0) is 49.2 Å². The molecule has 3 aromatic rings. The molecule has 10 nitrogen and oxygen atoms in total. The number of hydrogen-bond acceptors (Lipinski definition) is 6. The Morgan fingerprint density at radius 3 is 2.45 bits per heavy atom. The maximum Gasteiger partial charge on any atom is 0.346 e. The van der Waals surface area contributed by atoms with Crippen LogP contribution in [0.2, 0.25) is 0 Å². The minimum Gasteiger partial charge on any atom is -0.497 e. The van der Waals surface area contributed by atoms with E-state index in [1.807, 2.05) is 24.3 Å². The monoisotopic (exact) mass is 423 g/mol. The first kappa shape index (κ1) is 20.3. The number of aromatic nitrogens is 3. The lowest BCUT2D eigenvalue weighted by Gasteiger charge is -2.04. The molecule has 1 aliphatic rings. The summed E-state index contributed by atoms with van der Waals surface area (Å²) < 4.78 is 8.25. The molecular weight excluding hydrogens is 402 g/mol. The molecule has 1 N–H and O–H groups in total. The number of nitrogens with zero attached hydrogens (tertiary/aromatic N) is 4. The van der Waals surface area contributed by atoms with Crippen molar-refractivity contribution in [3.8, 4) is 17.1 Å². The van der Waals surface area contributed by atoms with Crippen LogP contribution in [-0.4, -0.2) is 38.8 Å². The second-order valence-electron chi connectivity index (χ2n) is 7.22. The van der Waals surface area contributed by atoms with E-state index in [2.05, 4.69) is 10.4 Å². The molecule has 2 aromatic carbocycles. The highest BCUT2D eigenvalue weighted by atomic mass is 16.6. The van der Waals surface area contributed by atoms with E-state index in [-0.39, 0.29) is 36.4 Å². The highest BCUT2D eigenvalue weighted by molar-refractivity contribution is 5.94. The maximum absolute atomic E-state index is 12.9. The van der Waals surface area contributed by atoms with E-state index in [1.54, 1.807) is 11.7 Å². The van der Waals surface area contributed by atoms with Crippen LogP contribution in [0, 0.1) is 10.1 Å². The average molecular weight is 423 g/mol. The summed E-state index contributed by atoms with van der Waals surface area (Å²) in [6, 6.07) is 12.8. The summed E-state index contributed by atoms with van der Waals surface area (Å²) in [5, 5.41) is 17.9. The Morgan fingerprint density at radius 1 is 1.19 bits per heavy atom. The molecule has 10 heteroatoms. The molecule has 0 aliphatic heterocycles. The second-order valence-corrected chi connectivity index (χ2v) is 7.22. The number of non-ortho nitro benzene ring substituents is 1. The SMILES string of the molecule is COc1ccc(-c2nn(CCNC(=O)c3ccc([N+](=O)[O-])cc3)c(=O)n2C2CC2)cc1. The number of amides is 1. The Balaban J connectivity index is 1.46. The molecule has 0 radical (unpaired) electrons. The molecule has 160 valence electrons. The number of rotatable bonds is 8. The van der Waals surface area contributed by atoms with Crippen LogP contribution < -0.4 is 15.7 Å². The molecule has 1 aliphatic carbocycles. The van der Waals surface area contributed by atoms with Crippen molar-refractivity contribution in [3.05, 3.63) is 74.7 Å². The van der Waals surface area contributed by atoms with Gasteiger partial charge in [0.15, 0.2) is 5.82 Å². The summed E-state index contributed by atoms with van der Waals surface area (Å²) in [5.74, 6) is 0.939. The fourth-order valence-electron chi connectivity index (χ4n) is 3.28. The number of ether oxygens (including phenoxy) is 1. The van der Waals surface area contributed by atoms with E-state index < -0.39 is 4.92 Å². The zero-order chi connectivity index (χ0) is 22.0. The van der Waals surface area contributed by atoms with Gasteiger partial charge in [-0.25, -0.2) is 9.48 Å². The van der Waals surface area contributed by atoms with Gasteiger partial charge in [-0.1, -0.05) is 0 Å². The third-order valence-corrected chi connectivity index (χ3v) is 5.08. The second kappa shape index (κ2) is 8.42. The minimum atomic E-state index is -0.523. The normalized spacial score (nSPS) is 13.1. The van der Waals surface area contributed by atoms with E-state index >= 15 is 0 Å².